The molecule has 2 N–H and O–H groups in total. The maximum atomic E-state index is 12.1. The van der Waals surface area contributed by atoms with E-state index in [-0.39, 0.29) is 5.97 Å². The van der Waals surface area contributed by atoms with Crippen molar-refractivity contribution in [1.82, 2.24) is 9.97 Å². The van der Waals surface area contributed by atoms with Gasteiger partial charge in [-0.3, -0.25) is 0 Å². The number of benzene rings is 2. The van der Waals surface area contributed by atoms with Gasteiger partial charge in [0, 0.05) is 11.9 Å². The summed E-state index contributed by atoms with van der Waals surface area (Å²) in [5.41, 5.74) is 4.39. The summed E-state index contributed by atoms with van der Waals surface area (Å²) in [5.74, 6) is 0.681. The molecule has 3 rings (SSSR count). The number of anilines is 4. The zero-order chi connectivity index (χ0) is 19.2. The largest absolute Gasteiger partial charge is 0.462 e. The zero-order valence-electron chi connectivity index (χ0n) is 15.6. The van der Waals surface area contributed by atoms with Crippen LogP contribution in [0.3, 0.4) is 0 Å². The summed E-state index contributed by atoms with van der Waals surface area (Å²) in [4.78, 5) is 20.9. The summed E-state index contributed by atoms with van der Waals surface area (Å²) in [7, 11) is 0. The fourth-order valence-electron chi connectivity index (χ4n) is 2.61. The molecule has 1 heterocycles. The second kappa shape index (κ2) is 8.31. The van der Waals surface area contributed by atoms with Gasteiger partial charge < -0.3 is 15.4 Å². The van der Waals surface area contributed by atoms with Gasteiger partial charge in [0.25, 0.3) is 0 Å². The molecular weight excluding hydrogens is 340 g/mol. The molecule has 1 aromatic heterocycles. The minimum Gasteiger partial charge on any atom is -0.462 e. The Hall–Kier alpha value is -3.41. The maximum absolute atomic E-state index is 12.1. The number of aromatic nitrogens is 2. The molecule has 0 aliphatic heterocycles. The van der Waals surface area contributed by atoms with Crippen LogP contribution in [-0.2, 0) is 4.74 Å². The number of hydrogen-bond donors (Lipinski definition) is 2. The second-order valence-corrected chi connectivity index (χ2v) is 6.03. The lowest BCUT2D eigenvalue weighted by atomic mass is 10.1. The third-order valence-corrected chi connectivity index (χ3v) is 4.19. The fraction of sp³-hybridized carbons (Fsp3) is 0.190. The Kier molecular flexibility index (Phi) is 5.66. The van der Waals surface area contributed by atoms with Crippen molar-refractivity contribution >= 4 is 29.1 Å². The van der Waals surface area contributed by atoms with E-state index in [1.165, 1.54) is 5.56 Å². The lowest BCUT2D eigenvalue weighted by Gasteiger charge is -2.13. The van der Waals surface area contributed by atoms with Gasteiger partial charge in [0.15, 0.2) is 0 Å². The molecule has 27 heavy (non-hydrogen) atoms. The first kappa shape index (κ1) is 18.4. The Morgan fingerprint density at radius 2 is 1.78 bits per heavy atom. The first-order valence-electron chi connectivity index (χ1n) is 8.78. The molecule has 0 fully saturated rings. The number of hydrogen-bond acceptors (Lipinski definition) is 6. The molecule has 2 aromatic carbocycles. The lowest BCUT2D eigenvalue weighted by molar-refractivity contribution is 0.0527. The Balaban J connectivity index is 1.83. The molecule has 0 radical (unpaired) electrons. The van der Waals surface area contributed by atoms with Gasteiger partial charge in [-0.25, -0.2) is 9.78 Å². The minimum atomic E-state index is -0.372. The van der Waals surface area contributed by atoms with Crippen LogP contribution in [0, 0.1) is 13.8 Å². The summed E-state index contributed by atoms with van der Waals surface area (Å²) in [5, 5.41) is 6.42. The molecule has 0 bridgehead atoms. The summed E-state index contributed by atoms with van der Waals surface area (Å²) in [6.07, 6.45) is 1.66. The second-order valence-electron chi connectivity index (χ2n) is 6.03. The number of nitrogens with one attached hydrogen (secondary N) is 2. The van der Waals surface area contributed by atoms with Crippen LogP contribution in [0.4, 0.5) is 23.1 Å². The van der Waals surface area contributed by atoms with Crippen molar-refractivity contribution in [1.29, 1.82) is 0 Å². The van der Waals surface area contributed by atoms with Crippen LogP contribution in [0.15, 0.2) is 54.7 Å². The zero-order valence-corrected chi connectivity index (χ0v) is 15.6. The number of ether oxygens (including phenoxy) is 1. The van der Waals surface area contributed by atoms with Gasteiger partial charge in [0.1, 0.15) is 5.82 Å². The first-order valence-corrected chi connectivity index (χ1v) is 8.78. The lowest BCUT2D eigenvalue weighted by Crippen LogP contribution is -2.08. The number of carbonyl (C=O) groups is 1. The van der Waals surface area contributed by atoms with Crippen molar-refractivity contribution in [3.63, 3.8) is 0 Å². The van der Waals surface area contributed by atoms with E-state index >= 15 is 0 Å². The molecule has 0 atom stereocenters. The van der Waals surface area contributed by atoms with Crippen LogP contribution in [0.25, 0.3) is 0 Å². The van der Waals surface area contributed by atoms with E-state index in [4.69, 9.17) is 4.74 Å². The number of nitrogens with zero attached hydrogens (tertiary/aromatic N) is 2. The predicted octanol–water partition coefficient (Wildman–Crippen LogP) is 4.76. The van der Waals surface area contributed by atoms with Crippen molar-refractivity contribution in [3.05, 3.63) is 71.4 Å². The molecule has 0 saturated carbocycles. The van der Waals surface area contributed by atoms with E-state index in [1.54, 1.807) is 31.3 Å². The predicted molar refractivity (Wildman–Crippen MR) is 107 cm³/mol. The van der Waals surface area contributed by atoms with Gasteiger partial charge in [-0.2, -0.15) is 4.98 Å². The number of rotatable bonds is 6. The molecule has 0 spiro atoms. The summed E-state index contributed by atoms with van der Waals surface area (Å²) < 4.78 is 5.11. The highest BCUT2D eigenvalue weighted by Crippen LogP contribution is 2.23. The Morgan fingerprint density at radius 3 is 2.59 bits per heavy atom. The van der Waals surface area contributed by atoms with Gasteiger partial charge in [0.05, 0.1) is 17.9 Å². The summed E-state index contributed by atoms with van der Waals surface area (Å²) in [6, 6.07) is 15.0. The van der Waals surface area contributed by atoms with Crippen molar-refractivity contribution in [2.45, 2.75) is 20.8 Å². The highest BCUT2D eigenvalue weighted by Gasteiger charge is 2.12. The molecule has 6 heteroatoms. The average molecular weight is 362 g/mol. The van der Waals surface area contributed by atoms with Crippen LogP contribution >= 0.6 is 0 Å². The molecule has 0 saturated heterocycles. The quantitative estimate of drug-likeness (QED) is 0.616. The first-order chi connectivity index (χ1) is 13.1. The van der Waals surface area contributed by atoms with Crippen LogP contribution in [0.5, 0.6) is 0 Å². The van der Waals surface area contributed by atoms with E-state index in [2.05, 4.69) is 40.5 Å². The van der Waals surface area contributed by atoms with E-state index in [1.807, 2.05) is 24.3 Å². The van der Waals surface area contributed by atoms with E-state index in [0.29, 0.717) is 29.6 Å². The van der Waals surface area contributed by atoms with Crippen molar-refractivity contribution in [2.24, 2.45) is 0 Å². The highest BCUT2D eigenvalue weighted by atomic mass is 16.5. The monoisotopic (exact) mass is 362 g/mol. The Labute approximate surface area is 158 Å². The normalized spacial score (nSPS) is 10.3. The van der Waals surface area contributed by atoms with Crippen LogP contribution < -0.4 is 10.6 Å². The maximum Gasteiger partial charge on any atom is 0.340 e. The highest BCUT2D eigenvalue weighted by molar-refractivity contribution is 5.96. The molecule has 0 aliphatic carbocycles. The Morgan fingerprint density at radius 1 is 1.00 bits per heavy atom. The minimum absolute atomic E-state index is 0.324. The van der Waals surface area contributed by atoms with Gasteiger partial charge in [-0.05, 0) is 56.2 Å². The van der Waals surface area contributed by atoms with Crippen LogP contribution in [0.2, 0.25) is 0 Å². The fourth-order valence-corrected chi connectivity index (χ4v) is 2.61. The van der Waals surface area contributed by atoms with Crippen LogP contribution in [-0.4, -0.2) is 22.5 Å². The van der Waals surface area contributed by atoms with Gasteiger partial charge in [-0.1, -0.05) is 24.3 Å². The SMILES string of the molecule is CCOC(=O)c1ccccc1Nc1ccnc(Nc2cccc(C)c2C)n1. The smallest absolute Gasteiger partial charge is 0.340 e. The molecule has 0 amide bonds. The molecule has 0 unspecified atom stereocenters. The summed E-state index contributed by atoms with van der Waals surface area (Å²) >= 11 is 0. The van der Waals surface area contributed by atoms with Gasteiger partial charge >= 0.3 is 5.97 Å². The van der Waals surface area contributed by atoms with Crippen molar-refractivity contribution < 1.29 is 9.53 Å². The number of carbonyl (C=O) groups excluding carboxylic acids is 1. The number of esters is 1. The van der Waals surface area contributed by atoms with E-state index in [9.17, 15) is 4.79 Å². The van der Waals surface area contributed by atoms with Gasteiger partial charge in [0.2, 0.25) is 5.95 Å². The topological polar surface area (TPSA) is 76.1 Å². The van der Waals surface area contributed by atoms with Crippen molar-refractivity contribution in [2.75, 3.05) is 17.2 Å². The molecule has 0 aliphatic rings. The number of para-hydroxylation sites is 1. The molecular formula is C21H22N4O2. The molecule has 6 nitrogen and oxygen atoms in total. The van der Waals surface area contributed by atoms with Gasteiger partial charge in [-0.15, -0.1) is 0 Å². The summed E-state index contributed by atoms with van der Waals surface area (Å²) in [6.45, 7) is 6.22. The molecule has 3 aromatic rings. The third kappa shape index (κ3) is 4.41. The standard InChI is InChI=1S/C21H22N4O2/c1-4-27-20(26)16-9-5-6-10-18(16)23-19-12-13-22-21(25-19)24-17-11-7-8-14(2)15(17)3/h5-13H,4H2,1-3H3,(H2,22,23,24,25). The van der Waals surface area contributed by atoms with E-state index in [0.717, 1.165) is 11.3 Å². The Bertz CT molecular complexity index is 956. The van der Waals surface area contributed by atoms with Crippen LogP contribution in [0.1, 0.15) is 28.4 Å². The third-order valence-electron chi connectivity index (χ3n) is 4.19. The van der Waals surface area contributed by atoms with Crippen molar-refractivity contribution in [3.8, 4) is 0 Å². The number of aryl methyl sites for hydroxylation is 1. The average Bonchev–Trinajstić information content (AvgIpc) is 2.66. The molecule has 138 valence electrons. The van der Waals surface area contributed by atoms with E-state index < -0.39 is 0 Å².